The van der Waals surface area contributed by atoms with Crippen molar-refractivity contribution in [2.24, 2.45) is 5.92 Å². The van der Waals surface area contributed by atoms with Crippen LogP contribution in [0.2, 0.25) is 0 Å². The zero-order valence-electron chi connectivity index (χ0n) is 22.6. The van der Waals surface area contributed by atoms with Gasteiger partial charge in [0.15, 0.2) is 0 Å². The lowest BCUT2D eigenvalue weighted by atomic mass is 9.95. The number of likely N-dealkylation sites (tertiary alicyclic amines) is 1. The van der Waals surface area contributed by atoms with Crippen LogP contribution in [0.4, 0.5) is 0 Å². The Balaban J connectivity index is 1.18. The number of fused-ring (bicyclic) bond motifs is 1. The summed E-state index contributed by atoms with van der Waals surface area (Å²) in [5.74, 6) is 2.78. The normalized spacial score (nSPS) is 16.4. The Labute approximate surface area is 231 Å². The molecule has 0 radical (unpaired) electrons. The summed E-state index contributed by atoms with van der Waals surface area (Å²) < 4.78 is 14.0. The fourth-order valence-electron chi connectivity index (χ4n) is 6.06. The van der Waals surface area contributed by atoms with Gasteiger partial charge in [-0.2, -0.15) is 0 Å². The highest BCUT2D eigenvalue weighted by Gasteiger charge is 2.18. The highest BCUT2D eigenvalue weighted by molar-refractivity contribution is 7.22. The molecule has 198 valence electrons. The van der Waals surface area contributed by atoms with E-state index in [1.165, 1.54) is 95.3 Å². The summed E-state index contributed by atoms with van der Waals surface area (Å²) in [6.45, 7) is 6.97. The lowest BCUT2D eigenvalue weighted by Gasteiger charge is -2.15. The van der Waals surface area contributed by atoms with Crippen LogP contribution in [0, 0.1) is 12.8 Å². The molecule has 1 aliphatic carbocycles. The van der Waals surface area contributed by atoms with Crippen molar-refractivity contribution >= 4 is 21.4 Å². The van der Waals surface area contributed by atoms with Crippen molar-refractivity contribution in [3.05, 3.63) is 83.4 Å². The standard InChI is InChI=1S/C34H39NO2S/c1-25-12-13-27(22-26-8-2-3-9-26)23-29(25)24-37-33-31-10-4-5-11-32(31)38-34(33)28-14-16-30(17-15-28)36-21-20-35-18-6-7-19-35/h4-5,10-17,23,26H,2-3,6-9,18-22,24H2,1H3. The van der Waals surface area contributed by atoms with Gasteiger partial charge in [0.2, 0.25) is 0 Å². The smallest absolute Gasteiger partial charge is 0.146 e. The third kappa shape index (κ3) is 5.92. The van der Waals surface area contributed by atoms with E-state index in [0.29, 0.717) is 6.61 Å². The van der Waals surface area contributed by atoms with E-state index in [2.05, 4.69) is 78.6 Å². The summed E-state index contributed by atoms with van der Waals surface area (Å²) in [4.78, 5) is 3.68. The molecule has 0 bridgehead atoms. The molecule has 1 aromatic heterocycles. The lowest BCUT2D eigenvalue weighted by molar-refractivity contribution is 0.238. The second kappa shape index (κ2) is 11.9. The minimum atomic E-state index is 0.593. The second-order valence-electron chi connectivity index (χ2n) is 11.1. The Morgan fingerprint density at radius 2 is 1.66 bits per heavy atom. The number of nitrogens with zero attached hydrogens (tertiary/aromatic N) is 1. The number of hydrogen-bond donors (Lipinski definition) is 0. The van der Waals surface area contributed by atoms with E-state index in [-0.39, 0.29) is 0 Å². The van der Waals surface area contributed by atoms with Crippen molar-refractivity contribution in [2.75, 3.05) is 26.2 Å². The largest absolute Gasteiger partial charge is 0.492 e. The number of aryl methyl sites for hydroxylation is 1. The maximum Gasteiger partial charge on any atom is 0.146 e. The Kier molecular flexibility index (Phi) is 7.99. The molecule has 6 rings (SSSR count). The highest BCUT2D eigenvalue weighted by Crippen LogP contribution is 2.45. The van der Waals surface area contributed by atoms with E-state index in [9.17, 15) is 0 Å². The number of benzene rings is 3. The Morgan fingerprint density at radius 3 is 2.47 bits per heavy atom. The van der Waals surface area contributed by atoms with Crippen LogP contribution in [0.3, 0.4) is 0 Å². The molecule has 1 saturated heterocycles. The van der Waals surface area contributed by atoms with Crippen LogP contribution < -0.4 is 9.47 Å². The third-order valence-corrected chi connectivity index (χ3v) is 9.53. The zero-order chi connectivity index (χ0) is 25.7. The molecule has 0 amide bonds. The molecule has 38 heavy (non-hydrogen) atoms. The molecule has 2 fully saturated rings. The van der Waals surface area contributed by atoms with Gasteiger partial charge in [0.25, 0.3) is 0 Å². The van der Waals surface area contributed by atoms with Crippen molar-refractivity contribution in [1.29, 1.82) is 0 Å². The first-order valence-electron chi connectivity index (χ1n) is 14.4. The maximum absolute atomic E-state index is 6.66. The van der Waals surface area contributed by atoms with Crippen LogP contribution in [0.1, 0.15) is 55.2 Å². The van der Waals surface area contributed by atoms with E-state index in [0.717, 1.165) is 30.6 Å². The van der Waals surface area contributed by atoms with Crippen LogP contribution in [0.5, 0.6) is 11.5 Å². The molecular formula is C34H39NO2S. The summed E-state index contributed by atoms with van der Waals surface area (Å²) in [5.41, 5.74) is 5.23. The van der Waals surface area contributed by atoms with Gasteiger partial charge in [-0.15, -0.1) is 11.3 Å². The summed E-state index contributed by atoms with van der Waals surface area (Å²) in [6, 6.07) is 24.1. The minimum Gasteiger partial charge on any atom is -0.492 e. The van der Waals surface area contributed by atoms with Crippen molar-refractivity contribution in [1.82, 2.24) is 4.90 Å². The van der Waals surface area contributed by atoms with E-state index in [1.54, 1.807) is 0 Å². The molecule has 1 aliphatic heterocycles. The first kappa shape index (κ1) is 25.5. The molecular weight excluding hydrogens is 486 g/mol. The quantitative estimate of drug-likeness (QED) is 0.207. The van der Waals surface area contributed by atoms with Gasteiger partial charge in [-0.3, -0.25) is 4.90 Å². The molecule has 4 aromatic rings. The number of thiophene rings is 1. The molecule has 2 heterocycles. The van der Waals surface area contributed by atoms with Crippen molar-refractivity contribution in [3.8, 4) is 21.9 Å². The molecule has 1 saturated carbocycles. The number of rotatable bonds is 10. The third-order valence-electron chi connectivity index (χ3n) is 8.33. The van der Waals surface area contributed by atoms with E-state index >= 15 is 0 Å². The average Bonchev–Trinajstić information content (AvgIpc) is 3.71. The van der Waals surface area contributed by atoms with Crippen LogP contribution in [0.25, 0.3) is 20.5 Å². The topological polar surface area (TPSA) is 21.7 Å². The SMILES string of the molecule is Cc1ccc(CC2CCCC2)cc1COc1c(-c2ccc(OCCN3CCCC3)cc2)sc2ccccc12. The van der Waals surface area contributed by atoms with Gasteiger partial charge in [0.1, 0.15) is 24.7 Å². The van der Waals surface area contributed by atoms with Crippen molar-refractivity contribution in [3.63, 3.8) is 0 Å². The first-order chi connectivity index (χ1) is 18.7. The summed E-state index contributed by atoms with van der Waals surface area (Å²) in [6.07, 6.45) is 9.39. The van der Waals surface area contributed by atoms with Gasteiger partial charge in [-0.1, -0.05) is 56.0 Å². The van der Waals surface area contributed by atoms with E-state index in [4.69, 9.17) is 9.47 Å². The summed E-state index contributed by atoms with van der Waals surface area (Å²) in [7, 11) is 0. The van der Waals surface area contributed by atoms with Crippen LogP contribution in [-0.4, -0.2) is 31.1 Å². The van der Waals surface area contributed by atoms with Crippen molar-refractivity contribution in [2.45, 2.75) is 58.5 Å². The molecule has 4 heteroatoms. The van der Waals surface area contributed by atoms with Crippen LogP contribution in [-0.2, 0) is 13.0 Å². The predicted octanol–water partition coefficient (Wildman–Crippen LogP) is 8.66. The molecule has 0 spiro atoms. The van der Waals surface area contributed by atoms with E-state index < -0.39 is 0 Å². The molecule has 0 atom stereocenters. The number of hydrogen-bond acceptors (Lipinski definition) is 4. The monoisotopic (exact) mass is 525 g/mol. The lowest BCUT2D eigenvalue weighted by Crippen LogP contribution is -2.25. The Morgan fingerprint density at radius 1 is 0.868 bits per heavy atom. The van der Waals surface area contributed by atoms with Crippen LogP contribution in [0.15, 0.2) is 66.7 Å². The van der Waals surface area contributed by atoms with Gasteiger partial charge in [0.05, 0.1) is 4.88 Å². The first-order valence-corrected chi connectivity index (χ1v) is 15.2. The second-order valence-corrected chi connectivity index (χ2v) is 12.1. The Bertz CT molecular complexity index is 1350. The minimum absolute atomic E-state index is 0.593. The average molecular weight is 526 g/mol. The molecule has 3 nitrogen and oxygen atoms in total. The fraction of sp³-hybridized carbons (Fsp3) is 0.412. The van der Waals surface area contributed by atoms with Crippen molar-refractivity contribution < 1.29 is 9.47 Å². The summed E-state index contributed by atoms with van der Waals surface area (Å²) >= 11 is 1.81. The predicted molar refractivity (Wildman–Crippen MR) is 160 cm³/mol. The molecule has 0 N–H and O–H groups in total. The molecule has 2 aliphatic rings. The fourth-order valence-corrected chi connectivity index (χ4v) is 7.21. The molecule has 3 aromatic carbocycles. The van der Waals surface area contributed by atoms with Gasteiger partial charge in [0, 0.05) is 16.6 Å². The van der Waals surface area contributed by atoms with E-state index in [1.807, 2.05) is 11.3 Å². The van der Waals surface area contributed by atoms with Crippen LogP contribution >= 0.6 is 11.3 Å². The molecule has 0 unspecified atom stereocenters. The summed E-state index contributed by atoms with van der Waals surface area (Å²) in [5, 5.41) is 1.19. The Hall–Kier alpha value is -2.82. The van der Waals surface area contributed by atoms with Gasteiger partial charge in [-0.25, -0.2) is 0 Å². The van der Waals surface area contributed by atoms with Gasteiger partial charge < -0.3 is 9.47 Å². The number of ether oxygens (including phenoxy) is 2. The van der Waals surface area contributed by atoms with Gasteiger partial charge in [-0.05, 0) is 104 Å². The zero-order valence-corrected chi connectivity index (χ0v) is 23.4. The maximum atomic E-state index is 6.66. The van der Waals surface area contributed by atoms with Gasteiger partial charge >= 0.3 is 0 Å². The highest BCUT2D eigenvalue weighted by atomic mass is 32.1.